The van der Waals surface area contributed by atoms with Crippen molar-refractivity contribution in [2.75, 3.05) is 12.4 Å². The van der Waals surface area contributed by atoms with Crippen LogP contribution in [0.3, 0.4) is 0 Å². The van der Waals surface area contributed by atoms with E-state index < -0.39 is 17.9 Å². The monoisotopic (exact) mass is 485 g/mol. The first-order chi connectivity index (χ1) is 15.9. The second kappa shape index (κ2) is 9.68. The number of fused-ring (bicyclic) bond motifs is 1. The molecule has 0 bridgehead atoms. The van der Waals surface area contributed by atoms with E-state index in [1.54, 1.807) is 19.1 Å². The Balaban J connectivity index is 1.67. The number of carbonyl (C=O) groups excluding carboxylic acids is 2. The summed E-state index contributed by atoms with van der Waals surface area (Å²) in [5.41, 5.74) is 1.91. The first-order valence-corrected chi connectivity index (χ1v) is 11.0. The molecule has 7 nitrogen and oxygen atoms in total. The number of benzene rings is 2. The molecule has 0 fully saturated rings. The van der Waals surface area contributed by atoms with Crippen molar-refractivity contribution in [3.8, 4) is 11.5 Å². The van der Waals surface area contributed by atoms with E-state index in [9.17, 15) is 9.59 Å². The van der Waals surface area contributed by atoms with Crippen molar-refractivity contribution in [2.45, 2.75) is 25.5 Å². The largest absolute Gasteiger partial charge is 0.493 e. The van der Waals surface area contributed by atoms with Crippen molar-refractivity contribution in [2.24, 2.45) is 0 Å². The molecule has 2 unspecified atom stereocenters. The predicted octanol–water partition coefficient (Wildman–Crippen LogP) is 4.83. The molecular weight excluding hydrogens is 465 g/mol. The average Bonchev–Trinajstić information content (AvgIpc) is 3.16. The summed E-state index contributed by atoms with van der Waals surface area (Å²) in [5.74, 6) is -0.658. The Morgan fingerprint density at radius 1 is 1.09 bits per heavy atom. The number of carbonyl (C=O) groups is 2. The number of nitrogens with zero attached hydrogens (tertiary/aromatic N) is 1. The number of ether oxygens (including phenoxy) is 2. The number of anilines is 1. The van der Waals surface area contributed by atoms with Gasteiger partial charge in [-0.1, -0.05) is 53.5 Å². The van der Waals surface area contributed by atoms with E-state index in [0.717, 1.165) is 5.56 Å². The fraction of sp³-hybridized carbons (Fsp3) is 0.208. The van der Waals surface area contributed by atoms with Gasteiger partial charge in [-0.25, -0.2) is 0 Å². The molecule has 2 N–H and O–H groups in total. The summed E-state index contributed by atoms with van der Waals surface area (Å²) >= 11 is 12.3. The quantitative estimate of drug-likeness (QED) is 0.521. The van der Waals surface area contributed by atoms with Crippen molar-refractivity contribution in [1.29, 1.82) is 0 Å². The van der Waals surface area contributed by atoms with E-state index in [4.69, 9.17) is 32.7 Å². The zero-order chi connectivity index (χ0) is 23.5. The molecule has 2 heterocycles. The van der Waals surface area contributed by atoms with Gasteiger partial charge >= 0.3 is 0 Å². The SMILES string of the molecule is COc1ccc(C(=O)Nc2c(Cl)cncc2Cl)c2c1OC(C)C2C(=O)NCc1ccccc1. The van der Waals surface area contributed by atoms with Gasteiger partial charge in [0, 0.05) is 30.1 Å². The summed E-state index contributed by atoms with van der Waals surface area (Å²) in [5, 5.41) is 6.06. The summed E-state index contributed by atoms with van der Waals surface area (Å²) in [6.45, 7) is 2.14. The van der Waals surface area contributed by atoms with Crippen molar-refractivity contribution >= 4 is 40.7 Å². The van der Waals surface area contributed by atoms with Gasteiger partial charge in [-0.3, -0.25) is 14.6 Å². The van der Waals surface area contributed by atoms with Gasteiger partial charge in [0.05, 0.1) is 22.8 Å². The van der Waals surface area contributed by atoms with Gasteiger partial charge in [-0.15, -0.1) is 0 Å². The van der Waals surface area contributed by atoms with Crippen molar-refractivity contribution in [1.82, 2.24) is 10.3 Å². The van der Waals surface area contributed by atoms with Crippen LogP contribution in [-0.4, -0.2) is 30.0 Å². The first kappa shape index (κ1) is 22.9. The number of pyridine rings is 1. The Labute approximate surface area is 201 Å². The first-order valence-electron chi connectivity index (χ1n) is 10.2. The number of hydrogen-bond donors (Lipinski definition) is 2. The van der Waals surface area contributed by atoms with Gasteiger partial charge < -0.3 is 20.1 Å². The molecule has 1 aliphatic heterocycles. The molecule has 0 radical (unpaired) electrons. The maximum atomic E-state index is 13.3. The van der Waals surface area contributed by atoms with Crippen LogP contribution in [0.2, 0.25) is 10.0 Å². The summed E-state index contributed by atoms with van der Waals surface area (Å²) < 4.78 is 11.4. The fourth-order valence-corrected chi connectivity index (χ4v) is 4.27. The lowest BCUT2D eigenvalue weighted by Crippen LogP contribution is -2.34. The molecule has 2 aromatic carbocycles. The summed E-state index contributed by atoms with van der Waals surface area (Å²) in [4.78, 5) is 30.4. The van der Waals surface area contributed by atoms with Gasteiger partial charge in [0.2, 0.25) is 5.91 Å². The van der Waals surface area contributed by atoms with Crippen LogP contribution in [0, 0.1) is 0 Å². The zero-order valence-electron chi connectivity index (χ0n) is 17.9. The van der Waals surface area contributed by atoms with Gasteiger partial charge in [0.15, 0.2) is 11.5 Å². The van der Waals surface area contributed by atoms with Gasteiger partial charge in [-0.2, -0.15) is 0 Å². The molecule has 2 atom stereocenters. The fourth-order valence-electron chi connectivity index (χ4n) is 3.81. The van der Waals surface area contributed by atoms with Crippen molar-refractivity contribution < 1.29 is 19.1 Å². The Kier molecular flexibility index (Phi) is 6.72. The van der Waals surface area contributed by atoms with Crippen LogP contribution in [-0.2, 0) is 11.3 Å². The molecule has 9 heteroatoms. The maximum absolute atomic E-state index is 13.3. The maximum Gasteiger partial charge on any atom is 0.256 e. The van der Waals surface area contributed by atoms with Crippen LogP contribution in [0.15, 0.2) is 54.9 Å². The highest BCUT2D eigenvalue weighted by atomic mass is 35.5. The Hall–Kier alpha value is -3.29. The molecule has 0 spiro atoms. The van der Waals surface area contributed by atoms with Crippen LogP contribution in [0.1, 0.15) is 34.3 Å². The van der Waals surface area contributed by atoms with Crippen LogP contribution < -0.4 is 20.1 Å². The minimum absolute atomic E-state index is 0.197. The summed E-state index contributed by atoms with van der Waals surface area (Å²) in [6.07, 6.45) is 2.26. The standard InChI is InChI=1S/C24H21Cl2N3O4/c1-13-19(24(31)28-10-14-6-4-3-5-7-14)20-15(8-9-18(32-2)22(20)33-13)23(30)29-21-16(25)11-27-12-17(21)26/h3-9,11-13,19H,10H2,1-2H3,(H,28,31)(H,27,29,30). The molecule has 1 aliphatic rings. The van der Waals surface area contributed by atoms with E-state index in [-0.39, 0.29) is 27.2 Å². The number of amides is 2. The van der Waals surface area contributed by atoms with Gasteiger partial charge in [-0.05, 0) is 24.6 Å². The predicted molar refractivity (Wildman–Crippen MR) is 126 cm³/mol. The number of aromatic nitrogens is 1. The minimum atomic E-state index is -0.719. The van der Waals surface area contributed by atoms with Gasteiger partial charge in [0.25, 0.3) is 5.91 Å². The molecular formula is C24H21Cl2N3O4. The van der Waals surface area contributed by atoms with Crippen molar-refractivity contribution in [3.05, 3.63) is 81.6 Å². The third kappa shape index (κ3) is 4.60. The highest BCUT2D eigenvalue weighted by molar-refractivity contribution is 6.39. The van der Waals surface area contributed by atoms with E-state index in [0.29, 0.717) is 23.6 Å². The highest BCUT2D eigenvalue weighted by Crippen LogP contribution is 2.46. The third-order valence-electron chi connectivity index (χ3n) is 5.39. The van der Waals surface area contributed by atoms with E-state index in [2.05, 4.69) is 15.6 Å². The normalized spacial score (nSPS) is 16.5. The molecule has 3 aromatic rings. The van der Waals surface area contributed by atoms with E-state index >= 15 is 0 Å². The second-order valence-electron chi connectivity index (χ2n) is 7.49. The lowest BCUT2D eigenvalue weighted by Gasteiger charge is -2.17. The van der Waals surface area contributed by atoms with Crippen LogP contribution in [0.5, 0.6) is 11.5 Å². The van der Waals surface area contributed by atoms with Crippen LogP contribution in [0.4, 0.5) is 5.69 Å². The number of hydrogen-bond acceptors (Lipinski definition) is 5. The average molecular weight is 486 g/mol. The molecule has 1 aromatic heterocycles. The number of nitrogens with one attached hydrogen (secondary N) is 2. The lowest BCUT2D eigenvalue weighted by atomic mass is 9.90. The molecule has 33 heavy (non-hydrogen) atoms. The molecule has 170 valence electrons. The molecule has 0 saturated heterocycles. The molecule has 0 saturated carbocycles. The second-order valence-corrected chi connectivity index (χ2v) is 8.31. The smallest absolute Gasteiger partial charge is 0.256 e. The lowest BCUT2D eigenvalue weighted by molar-refractivity contribution is -0.123. The summed E-state index contributed by atoms with van der Waals surface area (Å²) in [7, 11) is 1.50. The highest BCUT2D eigenvalue weighted by Gasteiger charge is 2.41. The number of halogens is 2. The van der Waals surface area contributed by atoms with E-state index in [1.807, 2.05) is 30.3 Å². The topological polar surface area (TPSA) is 89.6 Å². The number of rotatable bonds is 6. The Morgan fingerprint density at radius 2 is 1.79 bits per heavy atom. The van der Waals surface area contributed by atoms with E-state index in [1.165, 1.54) is 19.5 Å². The Morgan fingerprint density at radius 3 is 2.45 bits per heavy atom. The Bertz CT molecular complexity index is 1180. The zero-order valence-corrected chi connectivity index (χ0v) is 19.4. The number of methoxy groups -OCH3 is 1. The summed E-state index contributed by atoms with van der Waals surface area (Å²) in [6, 6.07) is 12.8. The van der Waals surface area contributed by atoms with Crippen LogP contribution in [0.25, 0.3) is 0 Å². The molecule has 0 aliphatic carbocycles. The third-order valence-corrected chi connectivity index (χ3v) is 5.97. The minimum Gasteiger partial charge on any atom is -0.493 e. The van der Waals surface area contributed by atoms with Crippen LogP contribution >= 0.6 is 23.2 Å². The molecule has 4 rings (SSSR count). The molecule has 2 amide bonds. The van der Waals surface area contributed by atoms with Crippen molar-refractivity contribution in [3.63, 3.8) is 0 Å². The van der Waals surface area contributed by atoms with Gasteiger partial charge in [0.1, 0.15) is 12.0 Å².